The van der Waals surface area contributed by atoms with Crippen LogP contribution in [-0.4, -0.2) is 6.17 Å². The maximum atomic E-state index is 5.97. The predicted molar refractivity (Wildman–Crippen MR) is 59.9 cm³/mol. The fourth-order valence-electron chi connectivity index (χ4n) is 1.61. The Hall–Kier alpha value is -1.54. The van der Waals surface area contributed by atoms with Gasteiger partial charge < -0.3 is 10.6 Å². The molecule has 2 nitrogen and oxygen atoms in total. The summed E-state index contributed by atoms with van der Waals surface area (Å²) in [5.74, 6) is 0. The summed E-state index contributed by atoms with van der Waals surface area (Å²) in [4.78, 5) is 2.06. The molecule has 0 spiro atoms. The highest BCUT2D eigenvalue weighted by Gasteiger charge is 2.12. The minimum atomic E-state index is -0.0545. The molecule has 14 heavy (non-hydrogen) atoms. The average Bonchev–Trinajstić information content (AvgIpc) is 2.20. The summed E-state index contributed by atoms with van der Waals surface area (Å²) >= 11 is 0. The lowest BCUT2D eigenvalue weighted by atomic mass is 10.1. The van der Waals surface area contributed by atoms with Gasteiger partial charge in [-0.1, -0.05) is 24.3 Å². The molecule has 1 aromatic rings. The molecule has 0 fully saturated rings. The number of anilines is 1. The first-order chi connectivity index (χ1) is 6.79. The highest BCUT2D eigenvalue weighted by molar-refractivity contribution is 5.57. The lowest BCUT2D eigenvalue weighted by molar-refractivity contribution is 0.807. The van der Waals surface area contributed by atoms with Crippen LogP contribution in [0.1, 0.15) is 5.56 Å². The molecule has 1 aliphatic rings. The summed E-state index contributed by atoms with van der Waals surface area (Å²) < 4.78 is 0. The van der Waals surface area contributed by atoms with E-state index in [0.29, 0.717) is 0 Å². The van der Waals surface area contributed by atoms with Crippen LogP contribution in [-0.2, 0) is 0 Å². The van der Waals surface area contributed by atoms with Crippen LogP contribution in [0.15, 0.2) is 48.7 Å². The summed E-state index contributed by atoms with van der Waals surface area (Å²) in [6.45, 7) is 2.09. The minimum absolute atomic E-state index is 0.0545. The third kappa shape index (κ3) is 1.56. The monoisotopic (exact) mass is 186 g/mol. The van der Waals surface area contributed by atoms with Gasteiger partial charge >= 0.3 is 0 Å². The van der Waals surface area contributed by atoms with E-state index in [1.54, 1.807) is 0 Å². The van der Waals surface area contributed by atoms with Crippen molar-refractivity contribution in [3.05, 3.63) is 54.3 Å². The second-order valence-corrected chi connectivity index (χ2v) is 3.41. The van der Waals surface area contributed by atoms with E-state index in [2.05, 4.69) is 24.0 Å². The maximum absolute atomic E-state index is 5.97. The zero-order chi connectivity index (χ0) is 9.97. The van der Waals surface area contributed by atoms with Crippen LogP contribution in [0.2, 0.25) is 0 Å². The second kappa shape index (κ2) is 3.68. The third-order valence-electron chi connectivity index (χ3n) is 2.38. The van der Waals surface area contributed by atoms with Crippen molar-refractivity contribution in [2.75, 3.05) is 4.90 Å². The van der Waals surface area contributed by atoms with E-state index in [1.165, 1.54) is 11.3 Å². The Morgan fingerprint density at radius 1 is 1.21 bits per heavy atom. The van der Waals surface area contributed by atoms with Gasteiger partial charge in [0.15, 0.2) is 0 Å². The molecule has 0 saturated carbocycles. The van der Waals surface area contributed by atoms with Crippen LogP contribution in [0.5, 0.6) is 0 Å². The molecule has 72 valence electrons. The quantitative estimate of drug-likeness (QED) is 0.728. The number of hydrogen-bond acceptors (Lipinski definition) is 2. The minimum Gasteiger partial charge on any atom is -0.328 e. The Balaban J connectivity index is 2.36. The van der Waals surface area contributed by atoms with Crippen molar-refractivity contribution in [3.8, 4) is 0 Å². The fourth-order valence-corrected chi connectivity index (χ4v) is 1.61. The molecule has 2 rings (SSSR count). The molecule has 0 amide bonds. The molecule has 2 heteroatoms. The Labute approximate surface area is 84.3 Å². The van der Waals surface area contributed by atoms with Crippen LogP contribution in [0.4, 0.5) is 5.69 Å². The Morgan fingerprint density at radius 3 is 2.71 bits per heavy atom. The molecular formula is C12H14N2. The standard InChI is InChI=1S/C12H14N2/c1-10-6-2-3-7-11(10)14-9-5-4-8-12(14)13/h2-9,12H,13H2,1H3. The van der Waals surface area contributed by atoms with Gasteiger partial charge in [-0.05, 0) is 30.7 Å². The highest BCUT2D eigenvalue weighted by atomic mass is 15.2. The molecule has 1 heterocycles. The molecule has 0 aliphatic carbocycles. The van der Waals surface area contributed by atoms with E-state index in [4.69, 9.17) is 5.73 Å². The number of rotatable bonds is 1. The molecule has 0 saturated heterocycles. The smallest absolute Gasteiger partial charge is 0.101 e. The summed E-state index contributed by atoms with van der Waals surface area (Å²) in [5.41, 5.74) is 8.37. The van der Waals surface area contributed by atoms with Crippen molar-refractivity contribution >= 4 is 5.69 Å². The van der Waals surface area contributed by atoms with E-state index >= 15 is 0 Å². The molecule has 1 aromatic carbocycles. The van der Waals surface area contributed by atoms with Crippen molar-refractivity contribution < 1.29 is 0 Å². The molecule has 0 bridgehead atoms. The zero-order valence-corrected chi connectivity index (χ0v) is 8.22. The number of hydrogen-bond donors (Lipinski definition) is 1. The van der Waals surface area contributed by atoms with Crippen LogP contribution in [0.25, 0.3) is 0 Å². The number of allylic oxidation sites excluding steroid dienone is 2. The van der Waals surface area contributed by atoms with Crippen LogP contribution in [0.3, 0.4) is 0 Å². The lowest BCUT2D eigenvalue weighted by Crippen LogP contribution is -2.38. The molecule has 1 atom stereocenters. The van der Waals surface area contributed by atoms with Gasteiger partial charge in [-0.15, -0.1) is 0 Å². The number of para-hydroxylation sites is 1. The Kier molecular flexibility index (Phi) is 2.37. The predicted octanol–water partition coefficient (Wildman–Crippen LogP) is 2.17. The van der Waals surface area contributed by atoms with Gasteiger partial charge in [0, 0.05) is 11.9 Å². The maximum Gasteiger partial charge on any atom is 0.101 e. The van der Waals surface area contributed by atoms with Gasteiger partial charge in [-0.25, -0.2) is 0 Å². The van der Waals surface area contributed by atoms with Crippen molar-refractivity contribution in [3.63, 3.8) is 0 Å². The Bertz CT molecular complexity index is 380. The molecule has 1 aliphatic heterocycles. The highest BCUT2D eigenvalue weighted by Crippen LogP contribution is 2.22. The van der Waals surface area contributed by atoms with E-state index in [0.717, 1.165) is 0 Å². The van der Waals surface area contributed by atoms with E-state index in [9.17, 15) is 0 Å². The van der Waals surface area contributed by atoms with Crippen LogP contribution in [0, 0.1) is 6.92 Å². The summed E-state index contributed by atoms with van der Waals surface area (Å²) in [6.07, 6.45) is 7.90. The summed E-state index contributed by atoms with van der Waals surface area (Å²) in [7, 11) is 0. The molecule has 0 aromatic heterocycles. The van der Waals surface area contributed by atoms with E-state index < -0.39 is 0 Å². The van der Waals surface area contributed by atoms with Gasteiger partial charge in [0.1, 0.15) is 6.17 Å². The summed E-state index contributed by atoms with van der Waals surface area (Å²) in [5, 5.41) is 0. The average molecular weight is 186 g/mol. The fraction of sp³-hybridized carbons (Fsp3) is 0.167. The third-order valence-corrected chi connectivity index (χ3v) is 2.38. The number of nitrogens with two attached hydrogens (primary N) is 1. The van der Waals surface area contributed by atoms with Crippen molar-refractivity contribution in [2.24, 2.45) is 5.73 Å². The largest absolute Gasteiger partial charge is 0.328 e. The van der Waals surface area contributed by atoms with Gasteiger partial charge in [0.25, 0.3) is 0 Å². The van der Waals surface area contributed by atoms with E-state index in [1.807, 2.05) is 36.6 Å². The molecule has 1 unspecified atom stereocenters. The van der Waals surface area contributed by atoms with Gasteiger partial charge in [-0.2, -0.15) is 0 Å². The topological polar surface area (TPSA) is 29.3 Å². The first-order valence-electron chi connectivity index (χ1n) is 4.73. The first-order valence-corrected chi connectivity index (χ1v) is 4.73. The van der Waals surface area contributed by atoms with Gasteiger partial charge in [-0.3, -0.25) is 0 Å². The van der Waals surface area contributed by atoms with Crippen LogP contribution < -0.4 is 10.6 Å². The van der Waals surface area contributed by atoms with Crippen molar-refractivity contribution in [1.29, 1.82) is 0 Å². The van der Waals surface area contributed by atoms with Gasteiger partial charge in [0.2, 0.25) is 0 Å². The number of nitrogens with zero attached hydrogens (tertiary/aromatic N) is 1. The first kappa shape index (κ1) is 9.03. The lowest BCUT2D eigenvalue weighted by Gasteiger charge is -2.28. The number of benzene rings is 1. The van der Waals surface area contributed by atoms with Gasteiger partial charge in [0.05, 0.1) is 0 Å². The van der Waals surface area contributed by atoms with Crippen molar-refractivity contribution in [1.82, 2.24) is 0 Å². The second-order valence-electron chi connectivity index (χ2n) is 3.41. The summed E-state index contributed by atoms with van der Waals surface area (Å²) in [6, 6.07) is 8.24. The normalized spacial score (nSPS) is 20.1. The molecular weight excluding hydrogens is 172 g/mol. The van der Waals surface area contributed by atoms with Crippen LogP contribution >= 0.6 is 0 Å². The zero-order valence-electron chi connectivity index (χ0n) is 8.22. The van der Waals surface area contributed by atoms with Crippen molar-refractivity contribution in [2.45, 2.75) is 13.1 Å². The number of aryl methyl sites for hydroxylation is 1. The molecule has 2 N–H and O–H groups in total. The SMILES string of the molecule is Cc1ccccc1N1C=CC=CC1N. The van der Waals surface area contributed by atoms with E-state index in [-0.39, 0.29) is 6.17 Å². The molecule has 0 radical (unpaired) electrons. The Morgan fingerprint density at radius 2 is 2.00 bits per heavy atom.